The van der Waals surface area contributed by atoms with Crippen LogP contribution in [0.25, 0.3) is 11.1 Å². The second-order valence-electron chi connectivity index (χ2n) is 5.73. The molecule has 0 spiro atoms. The summed E-state index contributed by atoms with van der Waals surface area (Å²) in [5.74, 6) is -0.570. The molecule has 0 saturated carbocycles. The molecule has 0 aliphatic rings. The summed E-state index contributed by atoms with van der Waals surface area (Å²) in [6.45, 7) is 6.19. The maximum atomic E-state index is 12.8. The van der Waals surface area contributed by atoms with Gasteiger partial charge >= 0.3 is 11.9 Å². The Kier molecular flexibility index (Phi) is 7.67. The molecule has 0 bridgehead atoms. The molecular formula is C21H24ClNO4. The molecule has 0 fully saturated rings. The summed E-state index contributed by atoms with van der Waals surface area (Å²) in [6.07, 6.45) is 3.65. The second kappa shape index (κ2) is 9.97. The molecule has 6 heteroatoms. The third-order valence-electron chi connectivity index (χ3n) is 4.08. The summed E-state index contributed by atoms with van der Waals surface area (Å²) in [7, 11) is 0. The molecule has 2 rings (SSSR count). The predicted molar refractivity (Wildman–Crippen MR) is 106 cm³/mol. The van der Waals surface area contributed by atoms with Crippen molar-refractivity contribution in [1.29, 1.82) is 0 Å². The summed E-state index contributed by atoms with van der Waals surface area (Å²) < 4.78 is 12.3. The van der Waals surface area contributed by atoms with E-state index in [0.29, 0.717) is 34.9 Å². The first-order chi connectivity index (χ1) is 13.1. The molecular weight excluding hydrogens is 366 g/mol. The zero-order valence-electron chi connectivity index (χ0n) is 15.8. The number of hydrogen-bond donors (Lipinski definition) is 0. The highest BCUT2D eigenvalue weighted by molar-refractivity contribution is 6.18. The van der Waals surface area contributed by atoms with Crippen LogP contribution in [0.15, 0.2) is 42.5 Å². The number of nitrogens with zero attached hydrogens (tertiary/aromatic N) is 1. The van der Waals surface area contributed by atoms with Crippen molar-refractivity contribution in [3.8, 4) is 11.1 Å². The number of halogens is 1. The third kappa shape index (κ3) is 4.61. The van der Waals surface area contributed by atoms with E-state index < -0.39 is 11.9 Å². The van der Waals surface area contributed by atoms with E-state index in [-0.39, 0.29) is 13.2 Å². The van der Waals surface area contributed by atoms with Crippen LogP contribution in [0.2, 0.25) is 0 Å². The number of carbonyl (C=O) groups excluding carboxylic acids is 2. The number of carbonyl (C=O) groups is 2. The van der Waals surface area contributed by atoms with Gasteiger partial charge in [0.25, 0.3) is 0 Å². The van der Waals surface area contributed by atoms with Crippen LogP contribution in [0.3, 0.4) is 0 Å². The highest BCUT2D eigenvalue weighted by Gasteiger charge is 2.30. The zero-order valence-corrected chi connectivity index (χ0v) is 16.6. The molecule has 1 aromatic carbocycles. The van der Waals surface area contributed by atoms with Gasteiger partial charge < -0.3 is 14.0 Å². The Balaban J connectivity index is 2.78. The van der Waals surface area contributed by atoms with Gasteiger partial charge in [0.15, 0.2) is 0 Å². The summed E-state index contributed by atoms with van der Waals surface area (Å²) in [5.41, 5.74) is 2.65. The van der Waals surface area contributed by atoms with Crippen LogP contribution in [0.1, 0.15) is 40.4 Å². The van der Waals surface area contributed by atoms with E-state index in [1.807, 2.05) is 36.4 Å². The van der Waals surface area contributed by atoms with Gasteiger partial charge in [-0.25, -0.2) is 9.59 Å². The first-order valence-electron chi connectivity index (χ1n) is 8.90. The van der Waals surface area contributed by atoms with Gasteiger partial charge in [-0.1, -0.05) is 42.5 Å². The quantitative estimate of drug-likeness (QED) is 0.375. The Morgan fingerprint density at radius 1 is 1.04 bits per heavy atom. The van der Waals surface area contributed by atoms with E-state index in [2.05, 4.69) is 0 Å². The number of hydrogen-bond acceptors (Lipinski definition) is 4. The molecule has 0 N–H and O–H groups in total. The lowest BCUT2D eigenvalue weighted by molar-refractivity contribution is 0.0512. The fourth-order valence-electron chi connectivity index (χ4n) is 2.96. The maximum absolute atomic E-state index is 12.8. The number of alkyl halides is 1. The molecule has 0 saturated heterocycles. The van der Waals surface area contributed by atoms with Gasteiger partial charge in [-0.05, 0) is 26.3 Å². The van der Waals surface area contributed by atoms with Crippen LogP contribution in [-0.2, 0) is 16.0 Å². The molecule has 0 amide bonds. The van der Waals surface area contributed by atoms with E-state index in [1.165, 1.54) is 0 Å². The molecule has 27 heavy (non-hydrogen) atoms. The molecule has 0 radical (unpaired) electrons. The normalized spacial score (nSPS) is 11.0. The average Bonchev–Trinajstić information content (AvgIpc) is 2.96. The van der Waals surface area contributed by atoms with Gasteiger partial charge in [-0.3, -0.25) is 0 Å². The van der Waals surface area contributed by atoms with Crippen LogP contribution in [-0.4, -0.2) is 35.6 Å². The lowest BCUT2D eigenvalue weighted by Gasteiger charge is -2.10. The number of allylic oxidation sites excluding steroid dienone is 2. The number of ether oxygens (including phenoxy) is 2. The van der Waals surface area contributed by atoms with Crippen molar-refractivity contribution in [2.24, 2.45) is 0 Å². The van der Waals surface area contributed by atoms with Gasteiger partial charge in [0, 0.05) is 23.7 Å². The fourth-order valence-corrected chi connectivity index (χ4v) is 3.08. The van der Waals surface area contributed by atoms with Crippen LogP contribution in [0.5, 0.6) is 0 Å². The maximum Gasteiger partial charge on any atom is 0.355 e. The predicted octanol–water partition coefficient (Wildman–Crippen LogP) is 4.61. The van der Waals surface area contributed by atoms with E-state index in [0.717, 1.165) is 5.56 Å². The fraction of sp³-hybridized carbons (Fsp3) is 0.333. The Bertz CT molecular complexity index is 824. The van der Waals surface area contributed by atoms with Crippen LogP contribution in [0, 0.1) is 6.92 Å². The Morgan fingerprint density at radius 2 is 1.67 bits per heavy atom. The van der Waals surface area contributed by atoms with Crippen molar-refractivity contribution >= 4 is 23.5 Å². The molecule has 2 aromatic rings. The van der Waals surface area contributed by atoms with Crippen molar-refractivity contribution in [2.45, 2.75) is 27.3 Å². The average molecular weight is 390 g/mol. The molecule has 0 unspecified atom stereocenters. The summed E-state index contributed by atoms with van der Waals surface area (Å²) in [4.78, 5) is 25.5. The van der Waals surface area contributed by atoms with Gasteiger partial charge in [0.05, 0.1) is 18.8 Å². The van der Waals surface area contributed by atoms with Crippen molar-refractivity contribution < 1.29 is 19.1 Å². The monoisotopic (exact) mass is 389 g/mol. The van der Waals surface area contributed by atoms with Gasteiger partial charge in [0.2, 0.25) is 0 Å². The lowest BCUT2D eigenvalue weighted by atomic mass is 10.00. The molecule has 5 nitrogen and oxygen atoms in total. The van der Waals surface area contributed by atoms with Crippen LogP contribution < -0.4 is 0 Å². The molecule has 0 aliphatic carbocycles. The number of esters is 2. The number of benzene rings is 1. The first kappa shape index (κ1) is 20.8. The largest absolute Gasteiger partial charge is 0.462 e. The topological polar surface area (TPSA) is 57.5 Å². The minimum absolute atomic E-state index is 0.240. The highest BCUT2D eigenvalue weighted by Crippen LogP contribution is 2.34. The van der Waals surface area contributed by atoms with Gasteiger partial charge in [-0.15, -0.1) is 11.6 Å². The van der Waals surface area contributed by atoms with Crippen molar-refractivity contribution in [3.05, 3.63) is 59.4 Å². The van der Waals surface area contributed by atoms with Gasteiger partial charge in [-0.2, -0.15) is 0 Å². The van der Waals surface area contributed by atoms with E-state index in [1.54, 1.807) is 31.4 Å². The summed E-state index contributed by atoms with van der Waals surface area (Å²) in [5, 5.41) is 0. The first-order valence-corrected chi connectivity index (χ1v) is 9.43. The minimum Gasteiger partial charge on any atom is -0.462 e. The highest BCUT2D eigenvalue weighted by atomic mass is 35.5. The Morgan fingerprint density at radius 3 is 2.26 bits per heavy atom. The lowest BCUT2D eigenvalue weighted by Crippen LogP contribution is -2.13. The van der Waals surface area contributed by atoms with E-state index >= 15 is 0 Å². The molecule has 1 heterocycles. The van der Waals surface area contributed by atoms with Crippen LogP contribution >= 0.6 is 11.6 Å². The smallest absolute Gasteiger partial charge is 0.355 e. The third-order valence-corrected chi connectivity index (χ3v) is 4.26. The van der Waals surface area contributed by atoms with Crippen LogP contribution in [0.4, 0.5) is 0 Å². The number of aromatic nitrogens is 1. The second-order valence-corrected chi connectivity index (χ2v) is 6.04. The van der Waals surface area contributed by atoms with E-state index in [4.69, 9.17) is 21.1 Å². The standard InChI is InChI=1S/C21H24ClNO4/c1-4-26-20(24)17-15(3)23(14-10-9-13-22)19(21(25)27-5-2)18(17)16-11-7-6-8-12-16/h6-12H,4-5,13-14H2,1-3H3/b10-9+. The molecule has 1 aromatic heterocycles. The SMILES string of the molecule is CCOC(=O)c1c(-c2ccccc2)c(C(=O)OCC)n(C/C=C/CCl)c1C. The Hall–Kier alpha value is -2.53. The molecule has 0 aliphatic heterocycles. The van der Waals surface area contributed by atoms with Gasteiger partial charge in [0.1, 0.15) is 5.69 Å². The molecule has 0 atom stereocenters. The molecule has 144 valence electrons. The minimum atomic E-state index is -0.478. The summed E-state index contributed by atoms with van der Waals surface area (Å²) >= 11 is 5.72. The Labute approximate surface area is 164 Å². The zero-order chi connectivity index (χ0) is 19.8. The van der Waals surface area contributed by atoms with Crippen molar-refractivity contribution in [3.63, 3.8) is 0 Å². The number of rotatable bonds is 8. The van der Waals surface area contributed by atoms with E-state index in [9.17, 15) is 9.59 Å². The van der Waals surface area contributed by atoms with Crippen molar-refractivity contribution in [1.82, 2.24) is 4.57 Å². The summed E-state index contributed by atoms with van der Waals surface area (Å²) in [6, 6.07) is 9.32. The van der Waals surface area contributed by atoms with Crippen molar-refractivity contribution in [2.75, 3.05) is 19.1 Å².